The van der Waals surface area contributed by atoms with Gasteiger partial charge in [-0.3, -0.25) is 4.79 Å². The molecule has 0 aliphatic heterocycles. The molecule has 0 spiro atoms. The number of nitrogens with zero attached hydrogens (tertiary/aromatic N) is 3. The van der Waals surface area contributed by atoms with Gasteiger partial charge in [-0.2, -0.15) is 10.4 Å². The molecule has 0 aromatic heterocycles. The maximum Gasteiger partial charge on any atom is 0.244 e. The van der Waals surface area contributed by atoms with Crippen molar-refractivity contribution >= 4 is 52.6 Å². The van der Waals surface area contributed by atoms with E-state index in [-0.39, 0.29) is 5.91 Å². The first kappa shape index (κ1) is 22.8. The minimum atomic E-state index is -0.690. The molecule has 0 saturated carbocycles. The number of hydrogen-bond donors (Lipinski definition) is 0. The zero-order valence-corrected chi connectivity index (χ0v) is 19.1. The zero-order valence-electron chi connectivity index (χ0n) is 16.8. The molecule has 3 aromatic carbocycles. The molecule has 0 aliphatic carbocycles. The lowest BCUT2D eigenvalue weighted by Gasteiger charge is -2.21. The second-order valence-corrected chi connectivity index (χ2v) is 8.12. The van der Waals surface area contributed by atoms with Crippen molar-refractivity contribution in [2.45, 2.75) is 19.8 Å². The van der Waals surface area contributed by atoms with Gasteiger partial charge in [-0.05, 0) is 53.4 Å². The number of hydrogen-bond acceptors (Lipinski definition) is 3. The van der Waals surface area contributed by atoms with Crippen molar-refractivity contribution in [3.05, 3.63) is 98.0 Å². The Balaban J connectivity index is 2.02. The number of aryl methyl sites for hydroxylation is 1. The Morgan fingerprint density at radius 3 is 2.35 bits per heavy atom. The molecule has 156 valence electrons. The van der Waals surface area contributed by atoms with Gasteiger partial charge in [-0.25, -0.2) is 5.01 Å². The monoisotopic (exact) mass is 469 g/mol. The standard InChI is InChI=1S/C24H18Cl3N3O/c1-15-10-19(30(16(2)31)29-14-17-6-4-3-5-7-17)12-23(27)24(15)21(13-28)20-9-8-18(25)11-22(20)26/h3-12,14,21H,1-2H3. The Bertz CT molecular complexity index is 1160. The summed E-state index contributed by atoms with van der Waals surface area (Å²) < 4.78 is 0. The van der Waals surface area contributed by atoms with E-state index < -0.39 is 5.92 Å². The van der Waals surface area contributed by atoms with E-state index in [1.165, 1.54) is 11.9 Å². The first-order valence-electron chi connectivity index (χ1n) is 9.36. The van der Waals surface area contributed by atoms with Crippen molar-refractivity contribution in [3.8, 4) is 6.07 Å². The van der Waals surface area contributed by atoms with E-state index in [4.69, 9.17) is 34.8 Å². The number of nitriles is 1. The Kier molecular flexibility index (Phi) is 7.35. The number of carbonyl (C=O) groups excluding carboxylic acids is 1. The molecular formula is C24H18Cl3N3O. The van der Waals surface area contributed by atoms with E-state index in [1.54, 1.807) is 36.5 Å². The first-order valence-corrected chi connectivity index (χ1v) is 10.5. The van der Waals surface area contributed by atoms with Gasteiger partial charge in [0.1, 0.15) is 0 Å². The lowest BCUT2D eigenvalue weighted by Crippen LogP contribution is -2.22. The lowest BCUT2D eigenvalue weighted by molar-refractivity contribution is -0.116. The SMILES string of the molecule is CC(=O)N(N=Cc1ccccc1)c1cc(C)c(C(C#N)c2ccc(Cl)cc2Cl)c(Cl)c1. The maximum absolute atomic E-state index is 12.2. The molecular weight excluding hydrogens is 453 g/mol. The second-order valence-electron chi connectivity index (χ2n) is 6.87. The average Bonchev–Trinajstić information content (AvgIpc) is 2.72. The average molecular weight is 471 g/mol. The van der Waals surface area contributed by atoms with Crippen LogP contribution in [0.5, 0.6) is 0 Å². The highest BCUT2D eigenvalue weighted by atomic mass is 35.5. The minimum Gasteiger partial charge on any atom is -0.273 e. The highest BCUT2D eigenvalue weighted by molar-refractivity contribution is 6.35. The van der Waals surface area contributed by atoms with Crippen LogP contribution in [0.15, 0.2) is 65.8 Å². The maximum atomic E-state index is 12.2. The van der Waals surface area contributed by atoms with E-state index in [0.29, 0.717) is 31.9 Å². The summed E-state index contributed by atoms with van der Waals surface area (Å²) in [6.07, 6.45) is 1.60. The summed E-state index contributed by atoms with van der Waals surface area (Å²) in [6, 6.07) is 20.1. The van der Waals surface area contributed by atoms with Crippen LogP contribution in [-0.4, -0.2) is 12.1 Å². The molecule has 1 atom stereocenters. The zero-order chi connectivity index (χ0) is 22.5. The van der Waals surface area contributed by atoms with Crippen molar-refractivity contribution in [2.24, 2.45) is 5.10 Å². The number of benzene rings is 3. The highest BCUT2D eigenvalue weighted by Gasteiger charge is 2.23. The van der Waals surface area contributed by atoms with Crippen LogP contribution >= 0.6 is 34.8 Å². The Hall–Kier alpha value is -2.84. The molecule has 31 heavy (non-hydrogen) atoms. The number of anilines is 1. The first-order chi connectivity index (χ1) is 14.8. The molecule has 3 rings (SSSR count). The fourth-order valence-corrected chi connectivity index (χ4v) is 4.13. The number of hydrazone groups is 1. The van der Waals surface area contributed by atoms with Gasteiger partial charge in [0.05, 0.1) is 23.9 Å². The molecule has 3 aromatic rings. The van der Waals surface area contributed by atoms with E-state index in [9.17, 15) is 10.1 Å². The van der Waals surface area contributed by atoms with Gasteiger partial charge in [0.2, 0.25) is 5.91 Å². The Labute approximate surface area is 196 Å². The van der Waals surface area contributed by atoms with Crippen LogP contribution in [-0.2, 0) is 4.79 Å². The molecule has 0 radical (unpaired) electrons. The van der Waals surface area contributed by atoms with Crippen LogP contribution in [0.2, 0.25) is 15.1 Å². The summed E-state index contributed by atoms with van der Waals surface area (Å²) in [6.45, 7) is 3.25. The summed E-state index contributed by atoms with van der Waals surface area (Å²) in [5.41, 5.74) is 3.32. The molecule has 0 heterocycles. The molecule has 7 heteroatoms. The summed E-state index contributed by atoms with van der Waals surface area (Å²) >= 11 is 18.9. The van der Waals surface area contributed by atoms with E-state index in [1.807, 2.05) is 37.3 Å². The van der Waals surface area contributed by atoms with Crippen LogP contribution in [0.4, 0.5) is 5.69 Å². The van der Waals surface area contributed by atoms with Crippen LogP contribution in [0.3, 0.4) is 0 Å². The summed E-state index contributed by atoms with van der Waals surface area (Å²) in [7, 11) is 0. The van der Waals surface area contributed by atoms with Crippen molar-refractivity contribution < 1.29 is 4.79 Å². The minimum absolute atomic E-state index is 0.270. The molecule has 1 unspecified atom stereocenters. The van der Waals surface area contributed by atoms with Crippen molar-refractivity contribution in [2.75, 3.05) is 5.01 Å². The van der Waals surface area contributed by atoms with Gasteiger partial charge in [-0.15, -0.1) is 0 Å². The fraction of sp³-hybridized carbons (Fsp3) is 0.125. The van der Waals surface area contributed by atoms with E-state index in [0.717, 1.165) is 11.1 Å². The van der Waals surface area contributed by atoms with Crippen LogP contribution in [0.1, 0.15) is 35.1 Å². The molecule has 4 nitrogen and oxygen atoms in total. The number of rotatable bonds is 5. The van der Waals surface area contributed by atoms with E-state index in [2.05, 4.69) is 11.2 Å². The van der Waals surface area contributed by atoms with Gasteiger partial charge in [-0.1, -0.05) is 71.2 Å². The van der Waals surface area contributed by atoms with Crippen LogP contribution in [0.25, 0.3) is 0 Å². The van der Waals surface area contributed by atoms with E-state index >= 15 is 0 Å². The molecule has 0 fully saturated rings. The molecule has 0 aliphatic rings. The fourth-order valence-electron chi connectivity index (χ4n) is 3.24. The topological polar surface area (TPSA) is 56.5 Å². The largest absolute Gasteiger partial charge is 0.273 e. The number of halogens is 3. The normalized spacial score (nSPS) is 11.9. The van der Waals surface area contributed by atoms with Crippen molar-refractivity contribution in [3.63, 3.8) is 0 Å². The summed E-state index contributed by atoms with van der Waals surface area (Å²) in [5, 5.41) is 16.7. The second kappa shape index (κ2) is 9.98. The van der Waals surface area contributed by atoms with Gasteiger partial charge < -0.3 is 0 Å². The predicted octanol–water partition coefficient (Wildman–Crippen LogP) is 7.00. The van der Waals surface area contributed by atoms with Gasteiger partial charge in [0, 0.05) is 22.0 Å². The highest BCUT2D eigenvalue weighted by Crippen LogP contribution is 2.38. The molecule has 0 bridgehead atoms. The van der Waals surface area contributed by atoms with Gasteiger partial charge >= 0.3 is 0 Å². The Morgan fingerprint density at radius 2 is 1.77 bits per heavy atom. The number of amides is 1. The van der Waals surface area contributed by atoms with Crippen LogP contribution in [0, 0.1) is 18.3 Å². The smallest absolute Gasteiger partial charge is 0.244 e. The molecule has 0 N–H and O–H groups in total. The predicted molar refractivity (Wildman–Crippen MR) is 127 cm³/mol. The van der Waals surface area contributed by atoms with Crippen molar-refractivity contribution in [1.82, 2.24) is 0 Å². The molecule has 0 saturated heterocycles. The summed E-state index contributed by atoms with van der Waals surface area (Å²) in [5.74, 6) is -0.960. The van der Waals surface area contributed by atoms with Gasteiger partial charge in [0.25, 0.3) is 0 Å². The van der Waals surface area contributed by atoms with Crippen LogP contribution < -0.4 is 5.01 Å². The third kappa shape index (κ3) is 5.26. The molecule has 1 amide bonds. The summed E-state index contributed by atoms with van der Waals surface area (Å²) in [4.78, 5) is 12.2. The third-order valence-electron chi connectivity index (χ3n) is 4.68. The Morgan fingerprint density at radius 1 is 1.06 bits per heavy atom. The van der Waals surface area contributed by atoms with Gasteiger partial charge in [0.15, 0.2) is 0 Å². The lowest BCUT2D eigenvalue weighted by atomic mass is 9.89. The quantitative estimate of drug-likeness (QED) is 0.298. The van der Waals surface area contributed by atoms with Crippen molar-refractivity contribution in [1.29, 1.82) is 5.26 Å². The number of carbonyl (C=O) groups is 1. The third-order valence-corrected chi connectivity index (χ3v) is 5.55.